The van der Waals surface area contributed by atoms with Gasteiger partial charge in [0, 0.05) is 47.9 Å². The van der Waals surface area contributed by atoms with Gasteiger partial charge in [-0.05, 0) is 30.5 Å². The highest BCUT2D eigenvalue weighted by atomic mass is 32.2. The second kappa shape index (κ2) is 6.88. The lowest BCUT2D eigenvalue weighted by Crippen LogP contribution is -2.35. The number of aromatic amines is 1. The highest BCUT2D eigenvalue weighted by Crippen LogP contribution is 2.32. The van der Waals surface area contributed by atoms with Crippen LogP contribution < -0.4 is 0 Å². The van der Waals surface area contributed by atoms with Gasteiger partial charge in [0.15, 0.2) is 0 Å². The SMILES string of the molecule is Cc1ccc([N+](=O)[O-])cc1S(=O)(=O)N1CC=C(c2c[nH]c3ccccc23)CC1. The molecule has 4 rings (SSSR count). The van der Waals surface area contributed by atoms with Gasteiger partial charge in [0.05, 0.1) is 9.82 Å². The van der Waals surface area contributed by atoms with Crippen LogP contribution in [0.3, 0.4) is 0 Å². The van der Waals surface area contributed by atoms with Gasteiger partial charge in [-0.15, -0.1) is 0 Å². The summed E-state index contributed by atoms with van der Waals surface area (Å²) < 4.78 is 27.5. The third-order valence-corrected chi connectivity index (χ3v) is 7.11. The summed E-state index contributed by atoms with van der Waals surface area (Å²) in [6.45, 7) is 2.21. The molecule has 0 saturated carbocycles. The second-order valence-corrected chi connectivity index (χ2v) is 8.70. The lowest BCUT2D eigenvalue weighted by Gasteiger charge is -2.26. The number of sulfonamides is 1. The Kier molecular flexibility index (Phi) is 4.52. The molecule has 1 N–H and O–H groups in total. The van der Waals surface area contributed by atoms with Gasteiger partial charge >= 0.3 is 0 Å². The Labute approximate surface area is 162 Å². The number of nitro benzene ring substituents is 1. The molecule has 144 valence electrons. The van der Waals surface area contributed by atoms with Gasteiger partial charge in [0.1, 0.15) is 0 Å². The van der Waals surface area contributed by atoms with E-state index in [2.05, 4.69) is 4.98 Å². The molecule has 0 amide bonds. The Bertz CT molecular complexity index is 1210. The lowest BCUT2D eigenvalue weighted by atomic mass is 10.00. The second-order valence-electron chi connectivity index (χ2n) is 6.80. The van der Waals surface area contributed by atoms with E-state index >= 15 is 0 Å². The number of nitro groups is 1. The van der Waals surface area contributed by atoms with Crippen molar-refractivity contribution in [3.8, 4) is 0 Å². The van der Waals surface area contributed by atoms with E-state index in [4.69, 9.17) is 0 Å². The Morgan fingerprint density at radius 1 is 1.18 bits per heavy atom. The van der Waals surface area contributed by atoms with Crippen molar-refractivity contribution in [1.29, 1.82) is 0 Å². The molecule has 1 aliphatic heterocycles. The van der Waals surface area contributed by atoms with Crippen LogP contribution in [0.5, 0.6) is 0 Å². The summed E-state index contributed by atoms with van der Waals surface area (Å²) >= 11 is 0. The molecular weight excluding hydrogens is 378 g/mol. The van der Waals surface area contributed by atoms with Crippen LogP contribution in [0, 0.1) is 17.0 Å². The zero-order valence-electron chi connectivity index (χ0n) is 15.3. The van der Waals surface area contributed by atoms with Gasteiger partial charge in [-0.25, -0.2) is 8.42 Å². The number of benzene rings is 2. The van der Waals surface area contributed by atoms with Crippen molar-refractivity contribution in [2.24, 2.45) is 0 Å². The number of hydrogen-bond donors (Lipinski definition) is 1. The first kappa shape index (κ1) is 18.4. The van der Waals surface area contributed by atoms with E-state index in [0.717, 1.165) is 28.1 Å². The first-order valence-electron chi connectivity index (χ1n) is 8.88. The maximum Gasteiger partial charge on any atom is 0.270 e. The molecule has 0 saturated heterocycles. The number of aryl methyl sites for hydroxylation is 1. The molecule has 0 radical (unpaired) electrons. The molecule has 2 heterocycles. The summed E-state index contributed by atoms with van der Waals surface area (Å²) in [4.78, 5) is 13.7. The zero-order chi connectivity index (χ0) is 19.9. The van der Waals surface area contributed by atoms with E-state index in [1.54, 1.807) is 6.92 Å². The minimum absolute atomic E-state index is 0.00866. The van der Waals surface area contributed by atoms with Crippen LogP contribution in [0.4, 0.5) is 5.69 Å². The fourth-order valence-electron chi connectivity index (χ4n) is 3.57. The smallest absolute Gasteiger partial charge is 0.270 e. The van der Waals surface area contributed by atoms with Gasteiger partial charge in [0.2, 0.25) is 10.0 Å². The first-order valence-corrected chi connectivity index (χ1v) is 10.3. The summed E-state index contributed by atoms with van der Waals surface area (Å²) in [5.41, 5.74) is 3.49. The third kappa shape index (κ3) is 3.10. The summed E-state index contributed by atoms with van der Waals surface area (Å²) in [6.07, 6.45) is 4.45. The van der Waals surface area contributed by atoms with Crippen molar-refractivity contribution in [3.05, 3.63) is 76.0 Å². The topological polar surface area (TPSA) is 96.3 Å². The summed E-state index contributed by atoms with van der Waals surface area (Å²) in [7, 11) is -3.81. The number of rotatable bonds is 4. The zero-order valence-corrected chi connectivity index (χ0v) is 16.1. The maximum atomic E-state index is 13.1. The van der Waals surface area contributed by atoms with Crippen LogP contribution in [0.2, 0.25) is 0 Å². The van der Waals surface area contributed by atoms with E-state index in [1.165, 1.54) is 16.4 Å². The minimum Gasteiger partial charge on any atom is -0.361 e. The molecule has 0 fully saturated rings. The first-order chi connectivity index (χ1) is 13.4. The molecule has 3 aromatic rings. The number of nitrogens with zero attached hydrogens (tertiary/aromatic N) is 2. The molecular formula is C20H19N3O4S. The van der Waals surface area contributed by atoms with E-state index in [-0.39, 0.29) is 17.1 Å². The quantitative estimate of drug-likeness (QED) is 0.534. The molecule has 0 atom stereocenters. The van der Waals surface area contributed by atoms with Gasteiger partial charge in [0.25, 0.3) is 5.69 Å². The molecule has 0 unspecified atom stereocenters. The minimum atomic E-state index is -3.81. The molecule has 0 spiro atoms. The van der Waals surface area contributed by atoms with Gasteiger partial charge in [-0.2, -0.15) is 4.31 Å². The van der Waals surface area contributed by atoms with E-state index in [9.17, 15) is 18.5 Å². The highest BCUT2D eigenvalue weighted by Gasteiger charge is 2.29. The van der Waals surface area contributed by atoms with Crippen LogP contribution in [0.15, 0.2) is 59.6 Å². The van der Waals surface area contributed by atoms with Gasteiger partial charge in [-0.3, -0.25) is 10.1 Å². The molecule has 7 nitrogen and oxygen atoms in total. The van der Waals surface area contributed by atoms with Crippen molar-refractivity contribution >= 4 is 32.2 Å². The molecule has 28 heavy (non-hydrogen) atoms. The number of non-ortho nitro benzene ring substituents is 1. The number of fused-ring (bicyclic) bond motifs is 1. The normalized spacial score (nSPS) is 15.5. The average molecular weight is 397 g/mol. The highest BCUT2D eigenvalue weighted by molar-refractivity contribution is 7.89. The molecule has 1 aliphatic rings. The molecule has 8 heteroatoms. The number of para-hydroxylation sites is 1. The Hall–Kier alpha value is -2.97. The largest absolute Gasteiger partial charge is 0.361 e. The fraction of sp³-hybridized carbons (Fsp3) is 0.200. The molecule has 1 aromatic heterocycles. The van der Waals surface area contributed by atoms with Crippen molar-refractivity contribution < 1.29 is 13.3 Å². The van der Waals surface area contributed by atoms with Crippen LogP contribution in [0.25, 0.3) is 16.5 Å². The predicted octanol–water partition coefficient (Wildman–Crippen LogP) is 3.86. The van der Waals surface area contributed by atoms with Crippen LogP contribution in [-0.4, -0.2) is 35.7 Å². The summed E-state index contributed by atoms with van der Waals surface area (Å²) in [6, 6.07) is 11.9. The third-order valence-electron chi connectivity index (χ3n) is 5.11. The van der Waals surface area contributed by atoms with E-state index in [0.29, 0.717) is 18.5 Å². The maximum absolute atomic E-state index is 13.1. The lowest BCUT2D eigenvalue weighted by molar-refractivity contribution is -0.385. The predicted molar refractivity (Wildman–Crippen MR) is 107 cm³/mol. The van der Waals surface area contributed by atoms with Gasteiger partial charge in [-0.1, -0.05) is 30.3 Å². The van der Waals surface area contributed by atoms with E-state index < -0.39 is 14.9 Å². The molecule has 0 aliphatic carbocycles. The summed E-state index contributed by atoms with van der Waals surface area (Å²) in [5.74, 6) is 0. The summed E-state index contributed by atoms with van der Waals surface area (Å²) in [5, 5.41) is 12.1. The number of aromatic nitrogens is 1. The molecule has 0 bridgehead atoms. The van der Waals surface area contributed by atoms with Crippen molar-refractivity contribution in [3.63, 3.8) is 0 Å². The van der Waals surface area contributed by atoms with Crippen LogP contribution in [-0.2, 0) is 10.0 Å². The number of nitrogens with one attached hydrogen (secondary N) is 1. The Morgan fingerprint density at radius 3 is 2.68 bits per heavy atom. The van der Waals surface area contributed by atoms with Crippen molar-refractivity contribution in [2.45, 2.75) is 18.2 Å². The van der Waals surface area contributed by atoms with Crippen LogP contribution >= 0.6 is 0 Å². The van der Waals surface area contributed by atoms with Gasteiger partial charge < -0.3 is 4.98 Å². The Morgan fingerprint density at radius 2 is 1.96 bits per heavy atom. The monoisotopic (exact) mass is 397 g/mol. The van der Waals surface area contributed by atoms with Crippen molar-refractivity contribution in [2.75, 3.05) is 13.1 Å². The standard InChI is InChI=1S/C20H19N3O4S/c1-14-6-7-16(23(24)25)12-20(14)28(26,27)22-10-8-15(9-11-22)18-13-21-19-5-3-2-4-17(18)19/h2-8,12-13,21H,9-11H2,1H3. The number of H-pyrrole nitrogens is 1. The van der Waals surface area contributed by atoms with Crippen LogP contribution in [0.1, 0.15) is 17.5 Å². The number of hydrogen-bond acceptors (Lipinski definition) is 4. The molecule has 2 aromatic carbocycles. The Balaban J connectivity index is 1.64. The fourth-order valence-corrected chi connectivity index (χ4v) is 5.20. The van der Waals surface area contributed by atoms with Crippen molar-refractivity contribution in [1.82, 2.24) is 9.29 Å². The average Bonchev–Trinajstić information content (AvgIpc) is 3.12. The van der Waals surface area contributed by atoms with E-state index in [1.807, 2.05) is 36.5 Å².